The standard InChI is InChI=1S/C17H20N4O3/c1-8(22)5-10-6-14-15(7-13(10)19-9(2)23)21-16-12(20-14)4-3-11(18)17(16)24/h3-4,6-9,19,22-24H,5,18H2,1-2H3. The first kappa shape index (κ1) is 16.2. The molecule has 126 valence electrons. The number of rotatable bonds is 4. The van der Waals surface area contributed by atoms with Crippen LogP contribution in [0.2, 0.25) is 0 Å². The van der Waals surface area contributed by atoms with Gasteiger partial charge in [0, 0.05) is 12.1 Å². The molecule has 0 radical (unpaired) electrons. The second kappa shape index (κ2) is 6.10. The predicted molar refractivity (Wildman–Crippen MR) is 93.8 cm³/mol. The third-order valence-corrected chi connectivity index (χ3v) is 3.71. The number of nitrogens with zero attached hydrogens (tertiary/aromatic N) is 2. The second-order valence-electron chi connectivity index (χ2n) is 5.97. The summed E-state index contributed by atoms with van der Waals surface area (Å²) < 4.78 is 0. The van der Waals surface area contributed by atoms with Crippen LogP contribution in [-0.4, -0.2) is 37.6 Å². The molecule has 0 aliphatic carbocycles. The van der Waals surface area contributed by atoms with Gasteiger partial charge < -0.3 is 26.4 Å². The first-order valence-corrected chi connectivity index (χ1v) is 7.69. The highest BCUT2D eigenvalue weighted by Gasteiger charge is 2.13. The van der Waals surface area contributed by atoms with Gasteiger partial charge in [-0.1, -0.05) is 0 Å². The molecule has 1 heterocycles. The van der Waals surface area contributed by atoms with Gasteiger partial charge in [0.05, 0.1) is 28.3 Å². The van der Waals surface area contributed by atoms with Crippen molar-refractivity contribution in [1.82, 2.24) is 9.97 Å². The van der Waals surface area contributed by atoms with Crippen LogP contribution in [0.4, 0.5) is 11.4 Å². The van der Waals surface area contributed by atoms with Gasteiger partial charge in [-0.15, -0.1) is 0 Å². The van der Waals surface area contributed by atoms with E-state index in [1.54, 1.807) is 32.0 Å². The quantitative estimate of drug-likeness (QED) is 0.214. The largest absolute Gasteiger partial charge is 0.504 e. The lowest BCUT2D eigenvalue weighted by molar-refractivity contribution is 0.195. The summed E-state index contributed by atoms with van der Waals surface area (Å²) in [6, 6.07) is 6.85. The number of nitrogens with two attached hydrogens (primary N) is 1. The zero-order chi connectivity index (χ0) is 17.4. The number of benzene rings is 2. The molecule has 7 heteroatoms. The minimum absolute atomic E-state index is 0.0972. The molecule has 0 fully saturated rings. The van der Waals surface area contributed by atoms with E-state index in [-0.39, 0.29) is 11.4 Å². The van der Waals surface area contributed by atoms with Gasteiger partial charge in [0.25, 0.3) is 0 Å². The summed E-state index contributed by atoms with van der Waals surface area (Å²) in [5.41, 5.74) is 9.50. The minimum Gasteiger partial charge on any atom is -0.504 e. The lowest BCUT2D eigenvalue weighted by Crippen LogP contribution is -2.16. The highest BCUT2D eigenvalue weighted by Crippen LogP contribution is 2.31. The summed E-state index contributed by atoms with van der Waals surface area (Å²) in [7, 11) is 0. The molecule has 3 aromatic rings. The molecule has 6 N–H and O–H groups in total. The van der Waals surface area contributed by atoms with Crippen LogP contribution < -0.4 is 11.1 Å². The zero-order valence-corrected chi connectivity index (χ0v) is 13.5. The fourth-order valence-electron chi connectivity index (χ4n) is 2.68. The predicted octanol–water partition coefficient (Wildman–Crippen LogP) is 1.74. The number of anilines is 2. The van der Waals surface area contributed by atoms with Crippen molar-refractivity contribution < 1.29 is 15.3 Å². The Labute approximate surface area is 138 Å². The maximum Gasteiger partial charge on any atom is 0.166 e. The average molecular weight is 328 g/mol. The molecular formula is C17H20N4O3. The molecule has 2 unspecified atom stereocenters. The molecule has 0 amide bonds. The normalized spacial score (nSPS) is 14.0. The van der Waals surface area contributed by atoms with Crippen LogP contribution in [0.15, 0.2) is 24.3 Å². The van der Waals surface area contributed by atoms with Crippen molar-refractivity contribution in [3.8, 4) is 5.75 Å². The molecule has 0 bridgehead atoms. The average Bonchev–Trinajstić information content (AvgIpc) is 2.49. The summed E-state index contributed by atoms with van der Waals surface area (Å²) in [5, 5.41) is 32.3. The van der Waals surface area contributed by atoms with Crippen molar-refractivity contribution in [1.29, 1.82) is 0 Å². The van der Waals surface area contributed by atoms with Crippen LogP contribution >= 0.6 is 0 Å². The van der Waals surface area contributed by atoms with Gasteiger partial charge in [0.1, 0.15) is 11.7 Å². The van der Waals surface area contributed by atoms with Gasteiger partial charge in [-0.3, -0.25) is 0 Å². The van der Waals surface area contributed by atoms with Crippen molar-refractivity contribution in [3.63, 3.8) is 0 Å². The second-order valence-corrected chi connectivity index (χ2v) is 5.97. The van der Waals surface area contributed by atoms with Crippen LogP contribution in [0.1, 0.15) is 19.4 Å². The number of aliphatic hydroxyl groups excluding tert-OH is 2. The Morgan fingerprint density at radius 2 is 1.79 bits per heavy atom. The smallest absolute Gasteiger partial charge is 0.166 e. The van der Waals surface area contributed by atoms with Crippen molar-refractivity contribution in [3.05, 3.63) is 29.8 Å². The summed E-state index contributed by atoms with van der Waals surface area (Å²) in [4.78, 5) is 8.97. The maximum atomic E-state index is 10.1. The molecule has 7 nitrogen and oxygen atoms in total. The molecule has 0 saturated heterocycles. The van der Waals surface area contributed by atoms with Crippen LogP contribution in [-0.2, 0) is 6.42 Å². The van der Waals surface area contributed by atoms with Gasteiger partial charge >= 0.3 is 0 Å². The fraction of sp³-hybridized carbons (Fsp3) is 0.294. The van der Waals surface area contributed by atoms with Gasteiger partial charge in [-0.05, 0) is 43.7 Å². The Bertz CT molecular complexity index is 909. The summed E-state index contributed by atoms with van der Waals surface area (Å²) in [5.74, 6) is -0.0972. The van der Waals surface area contributed by atoms with E-state index >= 15 is 0 Å². The lowest BCUT2D eigenvalue weighted by Gasteiger charge is -2.16. The van der Waals surface area contributed by atoms with Crippen molar-refractivity contribution in [2.75, 3.05) is 11.1 Å². The first-order chi connectivity index (χ1) is 11.3. The van der Waals surface area contributed by atoms with Crippen LogP contribution in [0.25, 0.3) is 22.1 Å². The van der Waals surface area contributed by atoms with E-state index in [1.807, 2.05) is 6.07 Å². The maximum absolute atomic E-state index is 10.1. The molecule has 24 heavy (non-hydrogen) atoms. The van der Waals surface area contributed by atoms with Crippen LogP contribution in [0.5, 0.6) is 5.75 Å². The molecular weight excluding hydrogens is 308 g/mol. The zero-order valence-electron chi connectivity index (χ0n) is 13.5. The Hall–Kier alpha value is -2.64. The molecule has 1 aromatic heterocycles. The van der Waals surface area contributed by atoms with E-state index in [4.69, 9.17) is 5.73 Å². The van der Waals surface area contributed by atoms with Crippen LogP contribution in [0.3, 0.4) is 0 Å². The van der Waals surface area contributed by atoms with Gasteiger partial charge in [-0.25, -0.2) is 9.97 Å². The van der Waals surface area contributed by atoms with Crippen molar-refractivity contribution >= 4 is 33.4 Å². The number of aromatic nitrogens is 2. The third-order valence-electron chi connectivity index (χ3n) is 3.71. The van der Waals surface area contributed by atoms with Gasteiger partial charge in [0.15, 0.2) is 5.75 Å². The Morgan fingerprint density at radius 3 is 2.46 bits per heavy atom. The molecule has 0 spiro atoms. The Kier molecular flexibility index (Phi) is 4.13. The van der Waals surface area contributed by atoms with E-state index in [1.165, 1.54) is 0 Å². The van der Waals surface area contributed by atoms with E-state index in [0.29, 0.717) is 34.2 Å². The monoisotopic (exact) mass is 328 g/mol. The van der Waals surface area contributed by atoms with Crippen molar-refractivity contribution in [2.24, 2.45) is 0 Å². The summed E-state index contributed by atoms with van der Waals surface area (Å²) >= 11 is 0. The number of phenolic OH excluding ortho intramolecular Hbond substituents is 1. The molecule has 2 atom stereocenters. The van der Waals surface area contributed by atoms with Gasteiger partial charge in [-0.2, -0.15) is 0 Å². The number of phenols is 1. The minimum atomic E-state index is -0.757. The lowest BCUT2D eigenvalue weighted by atomic mass is 10.0. The number of aliphatic hydroxyl groups is 2. The highest BCUT2D eigenvalue weighted by molar-refractivity contribution is 5.93. The number of nitrogens with one attached hydrogen (secondary N) is 1. The topological polar surface area (TPSA) is 125 Å². The number of aromatic hydroxyl groups is 1. The van der Waals surface area contributed by atoms with Crippen LogP contribution in [0, 0.1) is 0 Å². The van der Waals surface area contributed by atoms with E-state index in [0.717, 1.165) is 5.56 Å². The van der Waals surface area contributed by atoms with E-state index in [9.17, 15) is 15.3 Å². The Morgan fingerprint density at radius 1 is 1.08 bits per heavy atom. The number of hydrogen-bond acceptors (Lipinski definition) is 7. The van der Waals surface area contributed by atoms with Gasteiger partial charge in [0.2, 0.25) is 0 Å². The fourth-order valence-corrected chi connectivity index (χ4v) is 2.68. The summed E-state index contributed by atoms with van der Waals surface area (Å²) in [6.07, 6.45) is -0.876. The molecule has 3 rings (SSSR count). The summed E-state index contributed by atoms with van der Waals surface area (Å²) in [6.45, 7) is 3.30. The number of hydrogen-bond donors (Lipinski definition) is 5. The number of fused-ring (bicyclic) bond motifs is 2. The molecule has 0 aliphatic heterocycles. The Balaban J connectivity index is 2.25. The molecule has 0 aliphatic rings. The van der Waals surface area contributed by atoms with Crippen molar-refractivity contribution in [2.45, 2.75) is 32.6 Å². The first-order valence-electron chi connectivity index (χ1n) is 7.69. The highest BCUT2D eigenvalue weighted by atomic mass is 16.3. The molecule has 0 saturated carbocycles. The SMILES string of the molecule is CC(O)Cc1cc2nc3ccc(N)c(O)c3nc2cc1NC(C)O. The number of nitrogen functional groups attached to an aromatic ring is 1. The van der Waals surface area contributed by atoms with E-state index < -0.39 is 12.3 Å². The van der Waals surface area contributed by atoms with E-state index in [2.05, 4.69) is 15.3 Å². The third kappa shape index (κ3) is 3.04. The molecule has 2 aromatic carbocycles.